The minimum absolute atomic E-state index is 0.0612. The molecule has 0 bridgehead atoms. The van der Waals surface area contributed by atoms with Crippen LogP contribution in [0.4, 0.5) is 20.2 Å². The van der Waals surface area contributed by atoms with Gasteiger partial charge in [0.25, 0.3) is 6.43 Å². The Labute approximate surface area is 124 Å². The van der Waals surface area contributed by atoms with E-state index in [0.29, 0.717) is 17.4 Å². The van der Waals surface area contributed by atoms with Gasteiger partial charge in [-0.15, -0.1) is 0 Å². The number of piperidine rings is 1. The number of hydrogen-bond acceptors (Lipinski definition) is 3. The van der Waals surface area contributed by atoms with Crippen molar-refractivity contribution in [2.75, 3.05) is 30.3 Å². The number of alkyl halides is 2. The van der Waals surface area contributed by atoms with Crippen LogP contribution >= 0.6 is 0 Å². The van der Waals surface area contributed by atoms with Crippen LogP contribution in [0, 0.1) is 0 Å². The van der Waals surface area contributed by atoms with Crippen LogP contribution < -0.4 is 10.6 Å². The van der Waals surface area contributed by atoms with Crippen LogP contribution in [0.5, 0.6) is 0 Å². The topological polar surface area (TPSA) is 32.5 Å². The monoisotopic (exact) mass is 295 g/mol. The Morgan fingerprint density at radius 2 is 2.05 bits per heavy atom. The molecule has 2 aliphatic rings. The van der Waals surface area contributed by atoms with Crippen LogP contribution in [0.2, 0.25) is 0 Å². The summed E-state index contributed by atoms with van der Waals surface area (Å²) in [5.41, 5.74) is 6.79. The van der Waals surface area contributed by atoms with Crippen molar-refractivity contribution in [2.45, 2.75) is 44.7 Å². The van der Waals surface area contributed by atoms with Gasteiger partial charge in [0.05, 0.1) is 0 Å². The molecule has 0 aromatic heterocycles. The lowest BCUT2D eigenvalue weighted by molar-refractivity contribution is 0.114. The molecule has 21 heavy (non-hydrogen) atoms. The summed E-state index contributed by atoms with van der Waals surface area (Å²) in [6.45, 7) is 5.06. The minimum Gasteiger partial charge on any atom is -0.399 e. The first-order valence-corrected chi connectivity index (χ1v) is 7.74. The van der Waals surface area contributed by atoms with Crippen molar-refractivity contribution in [3.8, 4) is 0 Å². The quantitative estimate of drug-likeness (QED) is 0.850. The molecule has 2 unspecified atom stereocenters. The van der Waals surface area contributed by atoms with Gasteiger partial charge >= 0.3 is 0 Å². The molecule has 116 valence electrons. The number of fused-ring (bicyclic) bond motifs is 1. The molecular formula is C16H23F2N3. The van der Waals surface area contributed by atoms with Gasteiger partial charge < -0.3 is 10.6 Å². The Bertz CT molecular complexity index is 506. The zero-order valence-electron chi connectivity index (χ0n) is 12.4. The van der Waals surface area contributed by atoms with Crippen molar-refractivity contribution in [1.29, 1.82) is 0 Å². The average molecular weight is 295 g/mol. The molecule has 2 fully saturated rings. The number of rotatable bonds is 2. The lowest BCUT2D eigenvalue weighted by atomic mass is 9.96. The minimum atomic E-state index is -2.49. The second-order valence-corrected chi connectivity index (χ2v) is 6.26. The zero-order chi connectivity index (χ0) is 15.0. The third-order valence-electron chi connectivity index (χ3n) is 4.78. The van der Waals surface area contributed by atoms with E-state index in [2.05, 4.69) is 16.7 Å². The highest BCUT2D eigenvalue weighted by Gasteiger charge is 2.34. The second kappa shape index (κ2) is 5.79. The van der Waals surface area contributed by atoms with E-state index < -0.39 is 6.43 Å². The smallest absolute Gasteiger partial charge is 0.265 e. The maximum absolute atomic E-state index is 13.3. The summed E-state index contributed by atoms with van der Waals surface area (Å²) in [5, 5.41) is 0. The fraction of sp³-hybridized carbons (Fsp3) is 0.625. The molecule has 1 aromatic carbocycles. The molecule has 3 rings (SSSR count). The van der Waals surface area contributed by atoms with E-state index in [-0.39, 0.29) is 11.6 Å². The van der Waals surface area contributed by atoms with Gasteiger partial charge in [0.15, 0.2) is 0 Å². The third-order valence-corrected chi connectivity index (χ3v) is 4.78. The van der Waals surface area contributed by atoms with E-state index in [4.69, 9.17) is 5.73 Å². The fourth-order valence-corrected chi connectivity index (χ4v) is 3.70. The van der Waals surface area contributed by atoms with Gasteiger partial charge in [-0.2, -0.15) is 0 Å². The molecule has 2 heterocycles. The predicted octanol–water partition coefficient (Wildman–Crippen LogP) is 3.27. The summed E-state index contributed by atoms with van der Waals surface area (Å²) < 4.78 is 26.7. The average Bonchev–Trinajstić information content (AvgIpc) is 2.46. The summed E-state index contributed by atoms with van der Waals surface area (Å²) in [7, 11) is 0. The highest BCUT2D eigenvalue weighted by molar-refractivity contribution is 5.61. The third kappa shape index (κ3) is 2.84. The number of nitrogens with zero attached hydrogens (tertiary/aromatic N) is 2. The number of nitrogen functional groups attached to an aromatic ring is 1. The van der Waals surface area contributed by atoms with Crippen LogP contribution in [0.15, 0.2) is 18.2 Å². The Morgan fingerprint density at radius 1 is 1.24 bits per heavy atom. The van der Waals surface area contributed by atoms with Crippen molar-refractivity contribution in [3.63, 3.8) is 0 Å². The highest BCUT2D eigenvalue weighted by atomic mass is 19.3. The van der Waals surface area contributed by atoms with Gasteiger partial charge in [-0.05, 0) is 44.5 Å². The lowest BCUT2D eigenvalue weighted by Gasteiger charge is -2.48. The summed E-state index contributed by atoms with van der Waals surface area (Å²) in [5.74, 6) is 0. The van der Waals surface area contributed by atoms with Gasteiger partial charge in [-0.1, -0.05) is 6.42 Å². The molecule has 3 nitrogen and oxygen atoms in total. The molecule has 2 aliphatic heterocycles. The maximum Gasteiger partial charge on any atom is 0.265 e. The summed E-state index contributed by atoms with van der Waals surface area (Å²) in [6.07, 6.45) is 1.18. The lowest BCUT2D eigenvalue weighted by Crippen LogP contribution is -2.59. The first-order valence-electron chi connectivity index (χ1n) is 7.74. The van der Waals surface area contributed by atoms with Crippen molar-refractivity contribution in [1.82, 2.24) is 4.90 Å². The number of benzene rings is 1. The molecular weight excluding hydrogens is 272 g/mol. The molecule has 0 amide bonds. The first-order chi connectivity index (χ1) is 10.1. The van der Waals surface area contributed by atoms with Crippen molar-refractivity contribution in [3.05, 3.63) is 23.8 Å². The van der Waals surface area contributed by atoms with E-state index in [9.17, 15) is 8.78 Å². The van der Waals surface area contributed by atoms with Crippen LogP contribution in [0.25, 0.3) is 0 Å². The molecule has 0 aliphatic carbocycles. The van der Waals surface area contributed by atoms with E-state index in [1.54, 1.807) is 12.1 Å². The molecule has 0 spiro atoms. The highest BCUT2D eigenvalue weighted by Crippen LogP contribution is 2.35. The van der Waals surface area contributed by atoms with Crippen molar-refractivity contribution in [2.24, 2.45) is 0 Å². The Hall–Kier alpha value is -1.36. The van der Waals surface area contributed by atoms with Crippen LogP contribution in [-0.4, -0.2) is 36.6 Å². The number of anilines is 2. The molecule has 1 aromatic rings. The van der Waals surface area contributed by atoms with Gasteiger partial charge in [-0.25, -0.2) is 8.78 Å². The normalized spacial score (nSPS) is 27.0. The van der Waals surface area contributed by atoms with Gasteiger partial charge in [0, 0.05) is 42.1 Å². The van der Waals surface area contributed by atoms with E-state index in [0.717, 1.165) is 19.6 Å². The molecule has 0 saturated carbocycles. The van der Waals surface area contributed by atoms with Gasteiger partial charge in [0.2, 0.25) is 0 Å². The molecule has 2 atom stereocenters. The van der Waals surface area contributed by atoms with Crippen molar-refractivity contribution < 1.29 is 8.78 Å². The van der Waals surface area contributed by atoms with Crippen LogP contribution in [0.3, 0.4) is 0 Å². The predicted molar refractivity (Wildman–Crippen MR) is 81.8 cm³/mol. The van der Waals surface area contributed by atoms with E-state index in [1.165, 1.54) is 25.3 Å². The maximum atomic E-state index is 13.3. The molecule has 2 N–H and O–H groups in total. The number of halogens is 2. The number of hydrogen-bond donors (Lipinski definition) is 1. The SMILES string of the molecule is CC1CN2CCCCC2CN1c1ccc(N)cc1C(F)F. The second-order valence-electron chi connectivity index (χ2n) is 6.26. The standard InChI is InChI=1S/C16H23F2N3/c1-11-9-20-7-3-2-4-13(20)10-21(11)15-6-5-12(19)8-14(15)16(17)18/h5-6,8,11,13,16H,2-4,7,9-10,19H2,1H3. The fourth-order valence-electron chi connectivity index (χ4n) is 3.70. The molecule has 2 saturated heterocycles. The van der Waals surface area contributed by atoms with Crippen LogP contribution in [0.1, 0.15) is 38.2 Å². The molecule has 5 heteroatoms. The Balaban J connectivity index is 1.89. The Morgan fingerprint density at radius 3 is 2.81 bits per heavy atom. The zero-order valence-corrected chi connectivity index (χ0v) is 12.4. The first kappa shape index (κ1) is 14.6. The van der Waals surface area contributed by atoms with E-state index >= 15 is 0 Å². The molecule has 0 radical (unpaired) electrons. The number of piperazine rings is 1. The Kier molecular flexibility index (Phi) is 4.02. The summed E-state index contributed by atoms with van der Waals surface area (Å²) in [6, 6.07) is 5.64. The van der Waals surface area contributed by atoms with Crippen molar-refractivity contribution >= 4 is 11.4 Å². The number of nitrogens with two attached hydrogens (primary N) is 1. The largest absolute Gasteiger partial charge is 0.399 e. The summed E-state index contributed by atoms with van der Waals surface area (Å²) >= 11 is 0. The van der Waals surface area contributed by atoms with Gasteiger partial charge in [0.1, 0.15) is 0 Å². The summed E-state index contributed by atoms with van der Waals surface area (Å²) in [4.78, 5) is 4.66. The van der Waals surface area contributed by atoms with Gasteiger partial charge in [-0.3, -0.25) is 4.90 Å². The van der Waals surface area contributed by atoms with E-state index in [1.807, 2.05) is 0 Å². The van der Waals surface area contributed by atoms with Crippen LogP contribution in [-0.2, 0) is 0 Å².